The molecule has 0 saturated carbocycles. The van der Waals surface area contributed by atoms with Crippen LogP contribution in [0.1, 0.15) is 51.0 Å². The second-order valence-electron chi connectivity index (χ2n) is 7.22. The molecule has 2 atom stereocenters. The molecule has 2 fully saturated rings. The van der Waals surface area contributed by atoms with Crippen molar-refractivity contribution in [1.82, 2.24) is 35.0 Å². The third-order valence-corrected chi connectivity index (χ3v) is 5.20. The van der Waals surface area contributed by atoms with E-state index < -0.39 is 0 Å². The maximum Gasteiger partial charge on any atom is 0.151 e. The topological polar surface area (TPSA) is 92.8 Å². The molecular weight excluding hydrogens is 358 g/mol. The maximum atomic E-state index is 5.77. The van der Waals surface area contributed by atoms with E-state index >= 15 is 0 Å². The molecule has 0 aliphatic carbocycles. The average Bonchev–Trinajstić information content (AvgIpc) is 3.46. The van der Waals surface area contributed by atoms with Gasteiger partial charge in [-0.05, 0) is 50.7 Å². The van der Waals surface area contributed by atoms with Gasteiger partial charge in [-0.15, -0.1) is 10.2 Å². The second-order valence-corrected chi connectivity index (χ2v) is 7.22. The molecule has 2 aliphatic rings. The normalized spacial score (nSPS) is 23.0. The summed E-state index contributed by atoms with van der Waals surface area (Å²) in [4.78, 5) is 4.72. The summed E-state index contributed by atoms with van der Waals surface area (Å²) in [6.45, 7) is 1.54. The monoisotopic (exact) mass is 381 g/mol. The van der Waals surface area contributed by atoms with Crippen LogP contribution >= 0.6 is 0 Å². The lowest BCUT2D eigenvalue weighted by atomic mass is 10.2. The van der Waals surface area contributed by atoms with Crippen molar-refractivity contribution in [2.45, 2.75) is 51.0 Å². The number of ether oxygens (including phenoxy) is 2. The third kappa shape index (κ3) is 3.55. The smallest absolute Gasteiger partial charge is 0.151 e. The molecule has 3 aromatic heterocycles. The Morgan fingerprint density at radius 1 is 0.714 bits per heavy atom. The van der Waals surface area contributed by atoms with Crippen LogP contribution in [0.5, 0.6) is 0 Å². The van der Waals surface area contributed by atoms with Gasteiger partial charge in [0.25, 0.3) is 0 Å². The van der Waals surface area contributed by atoms with Gasteiger partial charge in [0.2, 0.25) is 0 Å². The summed E-state index contributed by atoms with van der Waals surface area (Å²) in [6, 6.07) is 5.80. The van der Waals surface area contributed by atoms with E-state index in [4.69, 9.17) is 14.5 Å². The van der Waals surface area contributed by atoms with E-state index in [-0.39, 0.29) is 12.5 Å². The summed E-state index contributed by atoms with van der Waals surface area (Å²) >= 11 is 0. The lowest BCUT2D eigenvalue weighted by molar-refractivity contribution is -0.0405. The standard InChI is InChI=1S/C19H23N7O2/c1-3-10-27-18(8-1)25-12-16(21-23-25)14-6-5-7-15(20-14)17-13-26(24-22-17)19-9-2-4-11-28-19/h5-7,12-13,18-19H,1-4,8-11H2/t18-,19-/m1/s1. The quantitative estimate of drug-likeness (QED) is 0.686. The Bertz CT molecular complexity index is 854. The van der Waals surface area contributed by atoms with Crippen molar-refractivity contribution in [3.05, 3.63) is 30.6 Å². The Kier molecular flexibility index (Phi) is 4.84. The van der Waals surface area contributed by atoms with Crippen molar-refractivity contribution in [2.75, 3.05) is 13.2 Å². The summed E-state index contributed by atoms with van der Waals surface area (Å²) in [5.41, 5.74) is 2.95. The molecule has 0 N–H and O–H groups in total. The molecule has 2 aliphatic heterocycles. The number of rotatable bonds is 4. The molecule has 9 heteroatoms. The van der Waals surface area contributed by atoms with E-state index in [0.717, 1.165) is 74.5 Å². The fourth-order valence-corrected chi connectivity index (χ4v) is 3.65. The van der Waals surface area contributed by atoms with Gasteiger partial charge in [-0.3, -0.25) is 0 Å². The summed E-state index contributed by atoms with van der Waals surface area (Å²) in [6.07, 6.45) is 10.2. The predicted octanol–water partition coefficient (Wildman–Crippen LogP) is 3.00. The van der Waals surface area contributed by atoms with E-state index in [1.807, 2.05) is 30.6 Å². The van der Waals surface area contributed by atoms with Crippen LogP contribution < -0.4 is 0 Å². The van der Waals surface area contributed by atoms with Crippen molar-refractivity contribution >= 4 is 0 Å². The first kappa shape index (κ1) is 17.4. The molecule has 9 nitrogen and oxygen atoms in total. The van der Waals surface area contributed by atoms with Gasteiger partial charge in [-0.1, -0.05) is 16.5 Å². The molecule has 3 aromatic rings. The Labute approximate surface area is 162 Å². The minimum atomic E-state index is -0.0337. The van der Waals surface area contributed by atoms with Crippen LogP contribution in [-0.2, 0) is 9.47 Å². The van der Waals surface area contributed by atoms with Crippen LogP contribution in [0.2, 0.25) is 0 Å². The number of hydrogen-bond acceptors (Lipinski definition) is 7. The molecule has 0 unspecified atom stereocenters. The van der Waals surface area contributed by atoms with Gasteiger partial charge in [0.15, 0.2) is 12.5 Å². The second kappa shape index (κ2) is 7.76. The van der Waals surface area contributed by atoms with Gasteiger partial charge in [-0.25, -0.2) is 14.3 Å². The van der Waals surface area contributed by atoms with Crippen LogP contribution in [0, 0.1) is 0 Å². The van der Waals surface area contributed by atoms with E-state index in [9.17, 15) is 0 Å². The Balaban J connectivity index is 1.36. The minimum Gasteiger partial charge on any atom is -0.356 e. The van der Waals surface area contributed by atoms with Crippen molar-refractivity contribution in [1.29, 1.82) is 0 Å². The highest BCUT2D eigenvalue weighted by molar-refractivity contribution is 5.60. The van der Waals surface area contributed by atoms with E-state index in [1.165, 1.54) is 0 Å². The summed E-state index contributed by atoms with van der Waals surface area (Å²) in [5, 5.41) is 17.0. The Hall–Kier alpha value is -2.65. The van der Waals surface area contributed by atoms with Crippen LogP contribution in [0.15, 0.2) is 30.6 Å². The number of aromatic nitrogens is 7. The first-order chi connectivity index (χ1) is 13.9. The highest BCUT2D eigenvalue weighted by atomic mass is 16.5. The van der Waals surface area contributed by atoms with Gasteiger partial charge in [0, 0.05) is 13.2 Å². The Morgan fingerprint density at radius 3 is 1.71 bits per heavy atom. The van der Waals surface area contributed by atoms with Gasteiger partial charge in [-0.2, -0.15) is 0 Å². The number of nitrogens with zero attached hydrogens (tertiary/aromatic N) is 7. The molecule has 5 rings (SSSR count). The summed E-state index contributed by atoms with van der Waals surface area (Å²) in [7, 11) is 0. The molecule has 0 amide bonds. The van der Waals surface area contributed by atoms with Crippen molar-refractivity contribution < 1.29 is 9.47 Å². The van der Waals surface area contributed by atoms with Crippen molar-refractivity contribution in [2.24, 2.45) is 0 Å². The molecule has 0 aromatic carbocycles. The Morgan fingerprint density at radius 2 is 1.25 bits per heavy atom. The third-order valence-electron chi connectivity index (χ3n) is 5.20. The van der Waals surface area contributed by atoms with Crippen LogP contribution in [0.25, 0.3) is 22.8 Å². The van der Waals surface area contributed by atoms with Gasteiger partial charge in [0.1, 0.15) is 11.4 Å². The molecular formula is C19H23N7O2. The summed E-state index contributed by atoms with van der Waals surface area (Å²) in [5.74, 6) is 0. The summed E-state index contributed by atoms with van der Waals surface area (Å²) < 4.78 is 15.1. The fraction of sp³-hybridized carbons (Fsp3) is 0.526. The molecule has 28 heavy (non-hydrogen) atoms. The molecule has 5 heterocycles. The highest BCUT2D eigenvalue weighted by Crippen LogP contribution is 2.26. The number of hydrogen-bond donors (Lipinski definition) is 0. The van der Waals surface area contributed by atoms with E-state index in [2.05, 4.69) is 20.6 Å². The lowest BCUT2D eigenvalue weighted by Gasteiger charge is -2.21. The molecule has 0 radical (unpaired) electrons. The minimum absolute atomic E-state index is 0.0337. The highest BCUT2D eigenvalue weighted by Gasteiger charge is 2.20. The number of pyridine rings is 1. The SMILES string of the molecule is c1cc(-c2cn([C@H]3CCCCO3)nn2)nc(-c2cn([C@H]3CCCCO3)nn2)c1. The average molecular weight is 381 g/mol. The molecule has 2 saturated heterocycles. The van der Waals surface area contributed by atoms with Crippen LogP contribution in [-0.4, -0.2) is 48.2 Å². The van der Waals surface area contributed by atoms with Crippen LogP contribution in [0.4, 0.5) is 0 Å². The molecule has 146 valence electrons. The fourth-order valence-electron chi connectivity index (χ4n) is 3.65. The zero-order chi connectivity index (χ0) is 18.8. The first-order valence-electron chi connectivity index (χ1n) is 9.91. The van der Waals surface area contributed by atoms with E-state index in [1.54, 1.807) is 9.36 Å². The maximum absolute atomic E-state index is 5.77. The van der Waals surface area contributed by atoms with Crippen molar-refractivity contribution in [3.8, 4) is 22.8 Å². The predicted molar refractivity (Wildman–Crippen MR) is 99.9 cm³/mol. The molecule has 0 spiro atoms. The largest absolute Gasteiger partial charge is 0.356 e. The van der Waals surface area contributed by atoms with Crippen molar-refractivity contribution in [3.63, 3.8) is 0 Å². The van der Waals surface area contributed by atoms with Gasteiger partial charge in [0.05, 0.1) is 23.8 Å². The lowest BCUT2D eigenvalue weighted by Crippen LogP contribution is -2.18. The molecule has 0 bridgehead atoms. The van der Waals surface area contributed by atoms with Gasteiger partial charge < -0.3 is 9.47 Å². The zero-order valence-electron chi connectivity index (χ0n) is 15.6. The zero-order valence-corrected chi connectivity index (χ0v) is 15.6. The van der Waals surface area contributed by atoms with Crippen LogP contribution in [0.3, 0.4) is 0 Å². The van der Waals surface area contributed by atoms with Gasteiger partial charge >= 0.3 is 0 Å². The van der Waals surface area contributed by atoms with E-state index in [0.29, 0.717) is 0 Å². The first-order valence-corrected chi connectivity index (χ1v) is 9.91.